The fourth-order valence-electron chi connectivity index (χ4n) is 4.79. The minimum atomic E-state index is 0.474. The monoisotopic (exact) mass is 368 g/mol. The number of rotatable bonds is 6. The number of benzene rings is 1. The van der Waals surface area contributed by atoms with Crippen LogP contribution in [0.25, 0.3) is 10.9 Å². The molecule has 0 radical (unpaired) electrons. The van der Waals surface area contributed by atoms with E-state index in [-0.39, 0.29) is 0 Å². The summed E-state index contributed by atoms with van der Waals surface area (Å²) < 4.78 is 0. The summed E-state index contributed by atoms with van der Waals surface area (Å²) in [5.74, 6) is 1.24. The topological polar surface area (TPSA) is 24.9 Å². The number of allylic oxidation sites excluding steroid dienone is 2. The van der Waals surface area contributed by atoms with E-state index in [9.17, 15) is 0 Å². The third-order valence-electron chi connectivity index (χ3n) is 5.94. The van der Waals surface area contributed by atoms with Crippen molar-refractivity contribution in [2.24, 2.45) is 5.92 Å². The molecule has 0 amide bonds. The van der Waals surface area contributed by atoms with Gasteiger partial charge in [0.1, 0.15) is 0 Å². The lowest BCUT2D eigenvalue weighted by molar-refractivity contribution is 0.403. The van der Waals surface area contributed by atoms with Crippen molar-refractivity contribution in [2.45, 2.75) is 64.7 Å². The third kappa shape index (κ3) is 3.49. The number of pyridine rings is 1. The SMILES string of the molecule is CCCCCCNc1c2c(nc3cc(Cl)ccc13)C1C=C(C)CC(C2)C1. The van der Waals surface area contributed by atoms with Gasteiger partial charge in [-0.05, 0) is 62.3 Å². The standard InChI is InChI=1S/C23H29ClN2/c1-3-4-5-6-9-25-23-19-8-7-18(24)14-21(19)26-22-17-11-15(2)10-16(12-17)13-20(22)23/h7-8,11,14,16-17H,3-6,9-10,12-13H2,1-2H3,(H,25,26). The lowest BCUT2D eigenvalue weighted by atomic mass is 9.72. The molecule has 2 aliphatic rings. The van der Waals surface area contributed by atoms with Crippen molar-refractivity contribution >= 4 is 28.2 Å². The predicted molar refractivity (Wildman–Crippen MR) is 112 cm³/mol. The maximum absolute atomic E-state index is 6.27. The van der Waals surface area contributed by atoms with E-state index in [1.165, 1.54) is 66.4 Å². The van der Waals surface area contributed by atoms with Gasteiger partial charge >= 0.3 is 0 Å². The van der Waals surface area contributed by atoms with Gasteiger partial charge in [-0.3, -0.25) is 4.98 Å². The molecule has 0 saturated heterocycles. The Bertz CT molecular complexity index is 840. The predicted octanol–water partition coefficient (Wildman–Crippen LogP) is 6.88. The van der Waals surface area contributed by atoms with Gasteiger partial charge in [0.2, 0.25) is 0 Å². The van der Waals surface area contributed by atoms with Gasteiger partial charge in [0.05, 0.1) is 11.2 Å². The van der Waals surface area contributed by atoms with E-state index in [4.69, 9.17) is 16.6 Å². The highest BCUT2D eigenvalue weighted by Gasteiger charge is 2.32. The van der Waals surface area contributed by atoms with Gasteiger partial charge in [0.25, 0.3) is 0 Å². The molecule has 138 valence electrons. The Hall–Kier alpha value is -1.54. The van der Waals surface area contributed by atoms with Crippen molar-refractivity contribution < 1.29 is 0 Å². The normalized spacial score (nSPS) is 21.4. The second-order valence-corrected chi connectivity index (χ2v) is 8.57. The van der Waals surface area contributed by atoms with Gasteiger partial charge in [-0.25, -0.2) is 0 Å². The van der Waals surface area contributed by atoms with Crippen LogP contribution in [0.2, 0.25) is 5.02 Å². The molecule has 1 N–H and O–H groups in total. The molecule has 1 heterocycles. The lowest BCUT2D eigenvalue weighted by Crippen LogP contribution is -2.24. The molecule has 1 aromatic heterocycles. The van der Waals surface area contributed by atoms with Crippen LogP contribution >= 0.6 is 11.6 Å². The van der Waals surface area contributed by atoms with Crippen LogP contribution in [0.4, 0.5) is 5.69 Å². The smallest absolute Gasteiger partial charge is 0.0741 e. The van der Waals surface area contributed by atoms with Gasteiger partial charge < -0.3 is 5.32 Å². The summed E-state index contributed by atoms with van der Waals surface area (Å²) in [5.41, 5.74) is 6.62. The average molecular weight is 369 g/mol. The number of nitrogens with zero attached hydrogens (tertiary/aromatic N) is 1. The highest BCUT2D eigenvalue weighted by atomic mass is 35.5. The molecule has 0 spiro atoms. The van der Waals surface area contributed by atoms with Crippen molar-refractivity contribution in [2.75, 3.05) is 11.9 Å². The minimum Gasteiger partial charge on any atom is -0.384 e. The minimum absolute atomic E-state index is 0.474. The fraction of sp³-hybridized carbons (Fsp3) is 0.522. The number of unbranched alkanes of at least 4 members (excludes halogenated alkanes) is 3. The zero-order valence-corrected chi connectivity index (χ0v) is 16.7. The molecule has 2 nitrogen and oxygen atoms in total. The Morgan fingerprint density at radius 2 is 2.08 bits per heavy atom. The lowest BCUT2D eigenvalue weighted by Gasteiger charge is -2.35. The van der Waals surface area contributed by atoms with Crippen LogP contribution in [0.5, 0.6) is 0 Å². The summed E-state index contributed by atoms with van der Waals surface area (Å²) in [6.07, 6.45) is 11.2. The number of hydrogen-bond acceptors (Lipinski definition) is 2. The molecule has 0 fully saturated rings. The molecule has 2 unspecified atom stereocenters. The average Bonchev–Trinajstić information content (AvgIpc) is 2.61. The van der Waals surface area contributed by atoms with E-state index in [1.54, 1.807) is 0 Å². The number of hydrogen-bond donors (Lipinski definition) is 1. The molecule has 2 bridgehead atoms. The van der Waals surface area contributed by atoms with Crippen LogP contribution in [0.3, 0.4) is 0 Å². The Morgan fingerprint density at radius 3 is 2.92 bits per heavy atom. The van der Waals surface area contributed by atoms with Gasteiger partial charge in [-0.15, -0.1) is 0 Å². The van der Waals surface area contributed by atoms with E-state index in [2.05, 4.69) is 31.3 Å². The van der Waals surface area contributed by atoms with Crippen molar-refractivity contribution in [3.63, 3.8) is 0 Å². The second kappa shape index (κ2) is 7.60. The molecule has 2 aliphatic carbocycles. The largest absolute Gasteiger partial charge is 0.384 e. The van der Waals surface area contributed by atoms with Crippen LogP contribution in [0.1, 0.15) is 69.5 Å². The first-order valence-electron chi connectivity index (χ1n) is 10.2. The van der Waals surface area contributed by atoms with Gasteiger partial charge in [0.15, 0.2) is 0 Å². The molecular formula is C23H29ClN2. The van der Waals surface area contributed by atoms with Crippen LogP contribution in [0.15, 0.2) is 29.8 Å². The molecule has 2 aromatic rings. The molecule has 3 heteroatoms. The molecule has 0 aliphatic heterocycles. The van der Waals surface area contributed by atoms with E-state index < -0.39 is 0 Å². The summed E-state index contributed by atoms with van der Waals surface area (Å²) in [7, 11) is 0. The van der Waals surface area contributed by atoms with Crippen molar-refractivity contribution in [3.05, 3.63) is 46.1 Å². The summed E-state index contributed by atoms with van der Waals surface area (Å²) >= 11 is 6.27. The molecule has 1 aromatic carbocycles. The first-order valence-corrected chi connectivity index (χ1v) is 10.6. The van der Waals surface area contributed by atoms with Crippen molar-refractivity contribution in [1.82, 2.24) is 4.98 Å². The van der Waals surface area contributed by atoms with E-state index in [1.807, 2.05) is 12.1 Å². The Morgan fingerprint density at radius 1 is 1.19 bits per heavy atom. The number of fused-ring (bicyclic) bond motifs is 5. The van der Waals surface area contributed by atoms with E-state index in [0.29, 0.717) is 5.92 Å². The van der Waals surface area contributed by atoms with Gasteiger partial charge in [-0.1, -0.05) is 49.4 Å². The molecular weight excluding hydrogens is 340 g/mol. The van der Waals surface area contributed by atoms with Crippen LogP contribution < -0.4 is 5.32 Å². The zero-order chi connectivity index (χ0) is 18.1. The van der Waals surface area contributed by atoms with Crippen molar-refractivity contribution in [3.8, 4) is 0 Å². The number of anilines is 1. The first-order chi connectivity index (χ1) is 12.7. The molecule has 2 atom stereocenters. The van der Waals surface area contributed by atoms with E-state index in [0.717, 1.165) is 29.4 Å². The van der Waals surface area contributed by atoms with Crippen LogP contribution in [-0.2, 0) is 6.42 Å². The summed E-state index contributed by atoms with van der Waals surface area (Å²) in [5, 5.41) is 5.78. The third-order valence-corrected chi connectivity index (χ3v) is 6.18. The summed E-state index contributed by atoms with van der Waals surface area (Å²) in [4.78, 5) is 5.08. The van der Waals surface area contributed by atoms with Gasteiger partial charge in [0, 0.05) is 28.6 Å². The molecule has 4 rings (SSSR count). The Labute approximate surface area is 162 Å². The second-order valence-electron chi connectivity index (χ2n) is 8.13. The fourth-order valence-corrected chi connectivity index (χ4v) is 4.96. The Kier molecular flexibility index (Phi) is 5.22. The first kappa shape index (κ1) is 17.9. The highest BCUT2D eigenvalue weighted by molar-refractivity contribution is 6.31. The maximum atomic E-state index is 6.27. The highest BCUT2D eigenvalue weighted by Crippen LogP contribution is 2.46. The maximum Gasteiger partial charge on any atom is 0.0741 e. The molecule has 0 saturated carbocycles. The molecule has 26 heavy (non-hydrogen) atoms. The Balaban J connectivity index is 1.74. The van der Waals surface area contributed by atoms with Crippen LogP contribution in [0, 0.1) is 5.92 Å². The zero-order valence-electron chi connectivity index (χ0n) is 15.9. The van der Waals surface area contributed by atoms with Gasteiger partial charge in [-0.2, -0.15) is 0 Å². The summed E-state index contributed by atoms with van der Waals surface area (Å²) in [6, 6.07) is 6.16. The summed E-state index contributed by atoms with van der Waals surface area (Å²) in [6.45, 7) is 5.57. The van der Waals surface area contributed by atoms with Crippen molar-refractivity contribution in [1.29, 1.82) is 0 Å². The number of nitrogens with one attached hydrogen (secondary N) is 1. The van der Waals surface area contributed by atoms with Crippen LogP contribution in [-0.4, -0.2) is 11.5 Å². The number of halogens is 1. The number of aromatic nitrogens is 1. The van der Waals surface area contributed by atoms with E-state index >= 15 is 0 Å². The quantitative estimate of drug-likeness (QED) is 0.444.